The molecule has 1 atom stereocenters. The first kappa shape index (κ1) is 21.0. The average molecular weight is 415 g/mol. The number of hydrogen-bond donors (Lipinski definition) is 1. The van der Waals surface area contributed by atoms with E-state index >= 15 is 0 Å². The van der Waals surface area contributed by atoms with Crippen LogP contribution in [0.4, 0.5) is 14.5 Å². The van der Waals surface area contributed by atoms with Gasteiger partial charge in [-0.2, -0.15) is 13.9 Å². The second kappa shape index (κ2) is 9.17. The van der Waals surface area contributed by atoms with Gasteiger partial charge in [-0.3, -0.25) is 4.79 Å². The fourth-order valence-corrected chi connectivity index (χ4v) is 2.66. The Hall–Kier alpha value is -3.75. The molecule has 2 aromatic carbocycles. The maximum atomic E-state index is 12.5. The Morgan fingerprint density at radius 1 is 1.07 bits per heavy atom. The van der Waals surface area contributed by atoms with Gasteiger partial charge in [-0.25, -0.2) is 9.48 Å². The number of aromatic nitrogens is 2. The van der Waals surface area contributed by atoms with Gasteiger partial charge in [0.15, 0.2) is 6.10 Å². The third-order valence-electron chi connectivity index (χ3n) is 4.19. The fraction of sp³-hybridized carbons (Fsp3) is 0.190. The number of hydrogen-bond acceptors (Lipinski definition) is 5. The highest BCUT2D eigenvalue weighted by atomic mass is 19.3. The predicted molar refractivity (Wildman–Crippen MR) is 105 cm³/mol. The lowest BCUT2D eigenvalue weighted by Crippen LogP contribution is -2.30. The summed E-state index contributed by atoms with van der Waals surface area (Å²) < 4.78 is 36.2. The van der Waals surface area contributed by atoms with Crippen LogP contribution in [0.15, 0.2) is 60.8 Å². The van der Waals surface area contributed by atoms with Crippen molar-refractivity contribution < 1.29 is 27.8 Å². The van der Waals surface area contributed by atoms with Crippen LogP contribution in [0.1, 0.15) is 23.0 Å². The number of para-hydroxylation sites is 2. The molecule has 30 heavy (non-hydrogen) atoms. The van der Waals surface area contributed by atoms with Crippen LogP contribution in [-0.4, -0.2) is 34.4 Å². The molecule has 1 aromatic heterocycles. The molecule has 0 bridgehead atoms. The Balaban J connectivity index is 1.63. The van der Waals surface area contributed by atoms with Crippen molar-refractivity contribution in [3.05, 3.63) is 72.1 Å². The van der Waals surface area contributed by atoms with Gasteiger partial charge in [0.05, 0.1) is 16.9 Å². The summed E-state index contributed by atoms with van der Waals surface area (Å²) >= 11 is 0. The highest BCUT2D eigenvalue weighted by molar-refractivity contribution is 5.98. The second-order valence-electron chi connectivity index (χ2n) is 6.34. The normalized spacial score (nSPS) is 11.8. The molecule has 9 heteroatoms. The van der Waals surface area contributed by atoms with Crippen LogP contribution in [0.2, 0.25) is 0 Å². The molecule has 0 radical (unpaired) electrons. The summed E-state index contributed by atoms with van der Waals surface area (Å²) in [7, 11) is 0. The van der Waals surface area contributed by atoms with Crippen molar-refractivity contribution in [1.29, 1.82) is 0 Å². The predicted octanol–water partition coefficient (Wildman–Crippen LogP) is 3.97. The summed E-state index contributed by atoms with van der Waals surface area (Å²) in [4.78, 5) is 24.7. The third kappa shape index (κ3) is 4.99. The zero-order chi connectivity index (χ0) is 21.7. The Kier molecular flexibility index (Phi) is 6.41. The number of carbonyl (C=O) groups is 2. The van der Waals surface area contributed by atoms with E-state index in [-0.39, 0.29) is 17.0 Å². The van der Waals surface area contributed by atoms with Crippen molar-refractivity contribution in [1.82, 2.24) is 9.78 Å². The van der Waals surface area contributed by atoms with Crippen molar-refractivity contribution in [3.63, 3.8) is 0 Å². The number of aryl methyl sites for hydroxylation is 1. The molecule has 156 valence electrons. The molecule has 0 spiro atoms. The molecule has 1 amide bonds. The number of alkyl halides is 2. The summed E-state index contributed by atoms with van der Waals surface area (Å²) in [5.41, 5.74) is 2.01. The number of carbonyl (C=O) groups excluding carboxylic acids is 2. The van der Waals surface area contributed by atoms with E-state index in [4.69, 9.17) is 4.74 Å². The van der Waals surface area contributed by atoms with Crippen LogP contribution in [0, 0.1) is 6.92 Å². The number of ether oxygens (including phenoxy) is 2. The van der Waals surface area contributed by atoms with Gasteiger partial charge >= 0.3 is 12.6 Å². The van der Waals surface area contributed by atoms with Crippen LogP contribution in [0.3, 0.4) is 0 Å². The summed E-state index contributed by atoms with van der Waals surface area (Å²) in [5.74, 6) is -1.57. The van der Waals surface area contributed by atoms with E-state index in [9.17, 15) is 18.4 Å². The minimum absolute atomic E-state index is 0.0460. The van der Waals surface area contributed by atoms with Gasteiger partial charge in [-0.15, -0.1) is 0 Å². The molecule has 0 aliphatic rings. The molecular weight excluding hydrogens is 396 g/mol. The molecule has 0 aliphatic heterocycles. The Bertz CT molecular complexity index is 1030. The van der Waals surface area contributed by atoms with Gasteiger partial charge in [0.25, 0.3) is 5.91 Å². The second-order valence-corrected chi connectivity index (χ2v) is 6.34. The van der Waals surface area contributed by atoms with Gasteiger partial charge in [0, 0.05) is 11.9 Å². The summed E-state index contributed by atoms with van der Waals surface area (Å²) in [6.07, 6.45) is 0.507. The van der Waals surface area contributed by atoms with E-state index in [1.54, 1.807) is 41.2 Å². The summed E-state index contributed by atoms with van der Waals surface area (Å²) in [5, 5.41) is 6.61. The van der Waals surface area contributed by atoms with E-state index < -0.39 is 24.6 Å². The van der Waals surface area contributed by atoms with Crippen molar-refractivity contribution in [2.45, 2.75) is 26.6 Å². The maximum absolute atomic E-state index is 12.5. The zero-order valence-corrected chi connectivity index (χ0v) is 16.2. The monoisotopic (exact) mass is 415 g/mol. The van der Waals surface area contributed by atoms with Crippen molar-refractivity contribution >= 4 is 17.6 Å². The molecule has 0 saturated carbocycles. The van der Waals surface area contributed by atoms with Gasteiger partial charge < -0.3 is 14.8 Å². The van der Waals surface area contributed by atoms with E-state index in [1.807, 2.05) is 13.0 Å². The highest BCUT2D eigenvalue weighted by Gasteiger charge is 2.21. The number of benzene rings is 2. The van der Waals surface area contributed by atoms with Gasteiger partial charge in [-0.1, -0.05) is 12.1 Å². The van der Waals surface area contributed by atoms with Crippen molar-refractivity contribution in [2.24, 2.45) is 0 Å². The van der Waals surface area contributed by atoms with E-state index in [0.717, 1.165) is 11.4 Å². The quantitative estimate of drug-likeness (QED) is 0.591. The zero-order valence-electron chi connectivity index (χ0n) is 16.2. The molecule has 1 heterocycles. The van der Waals surface area contributed by atoms with E-state index in [1.165, 1.54) is 25.1 Å². The van der Waals surface area contributed by atoms with Crippen LogP contribution < -0.4 is 10.1 Å². The first-order chi connectivity index (χ1) is 14.3. The van der Waals surface area contributed by atoms with Crippen molar-refractivity contribution in [3.8, 4) is 11.4 Å². The van der Waals surface area contributed by atoms with E-state index in [0.29, 0.717) is 0 Å². The van der Waals surface area contributed by atoms with Crippen LogP contribution in [-0.2, 0) is 9.53 Å². The molecule has 1 N–H and O–H groups in total. The molecule has 3 rings (SSSR count). The minimum atomic E-state index is -3.04. The fourth-order valence-electron chi connectivity index (χ4n) is 2.66. The minimum Gasteiger partial charge on any atom is -0.449 e. The molecule has 7 nitrogen and oxygen atoms in total. The standard InChI is InChI=1S/C21H19F2N3O4/c1-13-11-12-24-26(13)16-9-7-15(8-10-16)20(28)29-14(2)19(27)25-17-5-3-4-6-18(17)30-21(22)23/h3-12,14,21H,1-2H3,(H,25,27). The number of anilines is 1. The van der Waals surface area contributed by atoms with Crippen LogP contribution >= 0.6 is 0 Å². The highest BCUT2D eigenvalue weighted by Crippen LogP contribution is 2.25. The summed E-state index contributed by atoms with van der Waals surface area (Å²) in [6, 6.07) is 14.1. The largest absolute Gasteiger partial charge is 0.449 e. The van der Waals surface area contributed by atoms with Crippen molar-refractivity contribution in [2.75, 3.05) is 5.32 Å². The topological polar surface area (TPSA) is 82.5 Å². The molecule has 3 aromatic rings. The molecule has 0 fully saturated rings. The smallest absolute Gasteiger partial charge is 0.387 e. The number of rotatable bonds is 7. The lowest BCUT2D eigenvalue weighted by molar-refractivity contribution is -0.123. The van der Waals surface area contributed by atoms with Crippen LogP contribution in [0.25, 0.3) is 5.69 Å². The lowest BCUT2D eigenvalue weighted by atomic mass is 10.2. The Morgan fingerprint density at radius 2 is 1.77 bits per heavy atom. The third-order valence-corrected chi connectivity index (χ3v) is 4.19. The maximum Gasteiger partial charge on any atom is 0.387 e. The first-order valence-electron chi connectivity index (χ1n) is 9.02. The molecule has 0 aliphatic carbocycles. The molecule has 0 saturated heterocycles. The number of amides is 1. The number of esters is 1. The Labute approximate surface area is 171 Å². The number of halogens is 2. The van der Waals surface area contributed by atoms with Gasteiger partial charge in [-0.05, 0) is 56.3 Å². The summed E-state index contributed by atoms with van der Waals surface area (Å²) in [6.45, 7) is 0.248. The average Bonchev–Trinajstić information content (AvgIpc) is 3.15. The first-order valence-corrected chi connectivity index (χ1v) is 9.02. The van der Waals surface area contributed by atoms with Gasteiger partial charge in [0.1, 0.15) is 5.75 Å². The SMILES string of the molecule is Cc1ccnn1-c1ccc(C(=O)OC(C)C(=O)Nc2ccccc2OC(F)F)cc1. The lowest BCUT2D eigenvalue weighted by Gasteiger charge is -2.16. The number of nitrogens with one attached hydrogen (secondary N) is 1. The van der Waals surface area contributed by atoms with Gasteiger partial charge in [0.2, 0.25) is 0 Å². The molecule has 1 unspecified atom stereocenters. The Morgan fingerprint density at radius 3 is 2.40 bits per heavy atom. The number of nitrogens with zero attached hydrogens (tertiary/aromatic N) is 2. The van der Waals surface area contributed by atoms with E-state index in [2.05, 4.69) is 15.2 Å². The van der Waals surface area contributed by atoms with Crippen LogP contribution in [0.5, 0.6) is 5.75 Å². The molecular formula is C21H19F2N3O4.